The molecule has 1 heterocycles. The zero-order chi connectivity index (χ0) is 14.8. The smallest absolute Gasteiger partial charge is 0.130 e. The molecule has 0 spiro atoms. The van der Waals surface area contributed by atoms with Crippen LogP contribution < -0.4 is 5.32 Å². The lowest BCUT2D eigenvalue weighted by Gasteiger charge is -2.25. The first-order chi connectivity index (χ1) is 9.44. The molecular formula is C13H14Cl2N4S. The Bertz CT molecular complexity index is 643. The van der Waals surface area contributed by atoms with Gasteiger partial charge in [-0.05, 0) is 17.9 Å². The molecule has 20 heavy (non-hydrogen) atoms. The van der Waals surface area contributed by atoms with Crippen LogP contribution >= 0.6 is 23.2 Å². The third-order valence-corrected chi connectivity index (χ3v) is 4.22. The van der Waals surface area contributed by atoms with E-state index in [4.69, 9.17) is 28.5 Å². The van der Waals surface area contributed by atoms with Crippen LogP contribution in [-0.4, -0.2) is 6.54 Å². The molecule has 0 radical (unpaired) electrons. The molecule has 4 nitrogen and oxygen atoms in total. The van der Waals surface area contributed by atoms with Gasteiger partial charge in [-0.15, -0.1) is 0 Å². The van der Waals surface area contributed by atoms with Crippen LogP contribution in [0.15, 0.2) is 14.8 Å². The molecule has 1 aromatic rings. The molecule has 0 amide bonds. The van der Waals surface area contributed by atoms with Crippen LogP contribution in [0.1, 0.15) is 26.7 Å². The van der Waals surface area contributed by atoms with E-state index in [-0.39, 0.29) is 5.41 Å². The standard InChI is InChI=1S/C13H14Cl2N4S/c1-13(2,4-3-5-16)7-17-10-8(14)6-9(15)11-12(10)19-20-18-11/h6,17H,3-4,7H2,1-2H3. The molecule has 7 heteroatoms. The van der Waals surface area contributed by atoms with Crippen molar-refractivity contribution in [1.82, 2.24) is 0 Å². The van der Waals surface area contributed by atoms with E-state index < -0.39 is 0 Å². The van der Waals surface area contributed by atoms with Crippen molar-refractivity contribution in [2.45, 2.75) is 26.7 Å². The van der Waals surface area contributed by atoms with E-state index >= 15 is 0 Å². The van der Waals surface area contributed by atoms with Crippen molar-refractivity contribution >= 4 is 51.6 Å². The second-order valence-electron chi connectivity index (χ2n) is 5.35. The summed E-state index contributed by atoms with van der Waals surface area (Å²) in [4.78, 5) is 0. The molecule has 106 valence electrons. The summed E-state index contributed by atoms with van der Waals surface area (Å²) in [7, 11) is 0. The molecule has 1 aliphatic rings. The van der Waals surface area contributed by atoms with E-state index in [9.17, 15) is 0 Å². The summed E-state index contributed by atoms with van der Waals surface area (Å²) >= 11 is 13.4. The van der Waals surface area contributed by atoms with E-state index in [2.05, 4.69) is 34.0 Å². The molecule has 0 atom stereocenters. The van der Waals surface area contributed by atoms with E-state index in [1.54, 1.807) is 6.07 Å². The van der Waals surface area contributed by atoms with Gasteiger partial charge in [0, 0.05) is 13.0 Å². The highest BCUT2D eigenvalue weighted by Crippen LogP contribution is 2.47. The normalized spacial score (nSPS) is 12.8. The first kappa shape index (κ1) is 15.3. The number of hydrogen-bond acceptors (Lipinski definition) is 4. The van der Waals surface area contributed by atoms with Crippen LogP contribution in [0.5, 0.6) is 0 Å². The number of benzene rings is 1. The summed E-state index contributed by atoms with van der Waals surface area (Å²) in [6, 6.07) is 3.85. The van der Waals surface area contributed by atoms with Crippen molar-refractivity contribution in [3.63, 3.8) is 0 Å². The second-order valence-corrected chi connectivity index (χ2v) is 6.70. The minimum Gasteiger partial charge on any atom is -0.381 e. The Morgan fingerprint density at radius 2 is 2.00 bits per heavy atom. The average molecular weight is 329 g/mol. The lowest BCUT2D eigenvalue weighted by molar-refractivity contribution is 0.364. The van der Waals surface area contributed by atoms with Gasteiger partial charge >= 0.3 is 0 Å². The third-order valence-electron chi connectivity index (χ3n) is 3.10. The van der Waals surface area contributed by atoms with Crippen molar-refractivity contribution in [3.05, 3.63) is 16.1 Å². The molecule has 1 aromatic carbocycles. The summed E-state index contributed by atoms with van der Waals surface area (Å²) in [6.45, 7) is 4.91. The largest absolute Gasteiger partial charge is 0.381 e. The average Bonchev–Trinajstić information content (AvgIpc) is 2.85. The van der Waals surface area contributed by atoms with Gasteiger partial charge in [0.25, 0.3) is 0 Å². The lowest BCUT2D eigenvalue weighted by Crippen LogP contribution is -2.23. The van der Waals surface area contributed by atoms with Crippen LogP contribution in [0.25, 0.3) is 0 Å². The van der Waals surface area contributed by atoms with Gasteiger partial charge in [-0.1, -0.05) is 37.0 Å². The maximum absolute atomic E-state index is 8.68. The van der Waals surface area contributed by atoms with Crippen LogP contribution in [0, 0.1) is 16.7 Å². The van der Waals surface area contributed by atoms with Gasteiger partial charge in [0.05, 0.1) is 33.2 Å². The number of nitrogens with one attached hydrogen (secondary N) is 1. The monoisotopic (exact) mass is 328 g/mol. The molecular weight excluding hydrogens is 315 g/mol. The second kappa shape index (κ2) is 6.13. The van der Waals surface area contributed by atoms with E-state index in [1.807, 2.05) is 0 Å². The first-order valence-electron chi connectivity index (χ1n) is 6.16. The maximum Gasteiger partial charge on any atom is 0.130 e. The van der Waals surface area contributed by atoms with Gasteiger partial charge in [-0.25, -0.2) is 0 Å². The zero-order valence-electron chi connectivity index (χ0n) is 11.2. The predicted octanol–water partition coefficient (Wildman–Crippen LogP) is 5.46. The Labute approximate surface area is 132 Å². The molecule has 1 N–H and O–H groups in total. The van der Waals surface area contributed by atoms with Crippen molar-refractivity contribution in [3.8, 4) is 6.07 Å². The number of nitrogens with zero attached hydrogens (tertiary/aromatic N) is 3. The molecule has 0 fully saturated rings. The Morgan fingerprint density at radius 3 is 2.70 bits per heavy atom. The summed E-state index contributed by atoms with van der Waals surface area (Å²) in [5.74, 6) is 0. The Hall–Kier alpha value is -1.09. The summed E-state index contributed by atoms with van der Waals surface area (Å²) in [5.41, 5.74) is 2.11. The van der Waals surface area contributed by atoms with Crippen molar-refractivity contribution in [2.24, 2.45) is 14.1 Å². The van der Waals surface area contributed by atoms with Crippen molar-refractivity contribution in [2.75, 3.05) is 11.9 Å². The molecule has 0 unspecified atom stereocenters. The number of fused-ring (bicyclic) bond motifs is 1. The Kier molecular flexibility index (Phi) is 4.69. The minimum absolute atomic E-state index is 0.00549. The van der Waals surface area contributed by atoms with Crippen molar-refractivity contribution in [1.29, 1.82) is 5.26 Å². The SMILES string of the molecule is CC(C)(CCC#N)CNc1c(Cl)cc(Cl)c2c1N=S=N2. The quantitative estimate of drug-likeness (QED) is 0.791. The highest BCUT2D eigenvalue weighted by atomic mass is 35.5. The zero-order valence-corrected chi connectivity index (χ0v) is 13.5. The van der Waals surface area contributed by atoms with Crippen molar-refractivity contribution < 1.29 is 0 Å². The molecule has 1 aliphatic heterocycles. The minimum atomic E-state index is -0.00549. The number of halogens is 2. The summed E-state index contributed by atoms with van der Waals surface area (Å²) in [6.07, 6.45) is 1.36. The van der Waals surface area contributed by atoms with E-state index in [0.29, 0.717) is 34.4 Å². The first-order valence-corrected chi connectivity index (χ1v) is 7.64. The molecule has 0 aliphatic carbocycles. The summed E-state index contributed by atoms with van der Waals surface area (Å²) < 4.78 is 8.42. The topological polar surface area (TPSA) is 60.5 Å². The highest BCUT2D eigenvalue weighted by molar-refractivity contribution is 7.58. The number of anilines is 1. The van der Waals surface area contributed by atoms with Gasteiger partial charge in [0.15, 0.2) is 0 Å². The van der Waals surface area contributed by atoms with Crippen LogP contribution in [0.2, 0.25) is 10.0 Å². The molecule has 0 aromatic heterocycles. The van der Waals surface area contributed by atoms with Crippen LogP contribution in [-0.2, 0) is 11.4 Å². The number of rotatable bonds is 5. The fraction of sp³-hybridized carbons (Fsp3) is 0.462. The van der Waals surface area contributed by atoms with Crippen LogP contribution in [0.3, 0.4) is 0 Å². The number of nitriles is 1. The highest BCUT2D eigenvalue weighted by Gasteiger charge is 2.22. The molecule has 0 saturated carbocycles. The van der Waals surface area contributed by atoms with Gasteiger partial charge in [0.2, 0.25) is 0 Å². The Morgan fingerprint density at radius 1 is 1.30 bits per heavy atom. The van der Waals surface area contributed by atoms with Crippen LogP contribution in [0.4, 0.5) is 17.1 Å². The third kappa shape index (κ3) is 3.32. The maximum atomic E-state index is 8.68. The Balaban J connectivity index is 2.18. The van der Waals surface area contributed by atoms with Gasteiger partial charge in [-0.2, -0.15) is 14.0 Å². The number of hydrogen-bond donors (Lipinski definition) is 1. The fourth-order valence-electron chi connectivity index (χ4n) is 1.85. The fourth-order valence-corrected chi connectivity index (χ4v) is 3.03. The van der Waals surface area contributed by atoms with E-state index in [0.717, 1.165) is 23.5 Å². The van der Waals surface area contributed by atoms with Gasteiger partial charge in [0.1, 0.15) is 11.4 Å². The molecule has 0 bridgehead atoms. The van der Waals surface area contributed by atoms with Gasteiger partial charge < -0.3 is 5.32 Å². The molecule has 0 saturated heterocycles. The lowest BCUT2D eigenvalue weighted by atomic mass is 9.88. The predicted molar refractivity (Wildman–Crippen MR) is 85.1 cm³/mol. The van der Waals surface area contributed by atoms with Gasteiger partial charge in [-0.3, -0.25) is 0 Å². The van der Waals surface area contributed by atoms with E-state index in [1.165, 1.54) is 0 Å². The molecule has 2 rings (SSSR count). The summed E-state index contributed by atoms with van der Waals surface area (Å²) in [5, 5.41) is 13.0.